The van der Waals surface area contributed by atoms with Crippen LogP contribution in [0.15, 0.2) is 35.2 Å². The molecule has 0 saturated heterocycles. The van der Waals surface area contributed by atoms with E-state index in [0.29, 0.717) is 0 Å². The summed E-state index contributed by atoms with van der Waals surface area (Å²) in [6, 6.07) is 6.56. The molecular weight excluding hydrogens is 298 g/mol. The summed E-state index contributed by atoms with van der Waals surface area (Å²) in [5.74, 6) is 0. The number of thiophene rings is 2. The van der Waals surface area contributed by atoms with Gasteiger partial charge in [0.25, 0.3) is 0 Å². The van der Waals surface area contributed by atoms with Gasteiger partial charge in [-0.1, -0.05) is 13.0 Å². The highest BCUT2D eigenvalue weighted by Gasteiger charge is 2.06. The van der Waals surface area contributed by atoms with E-state index in [2.05, 4.69) is 52.5 Å². The molecule has 0 aliphatic rings. The maximum Gasteiger partial charge on any atom is 0.0666 e. The number of nitrogens with one attached hydrogen (secondary N) is 1. The monoisotopic (exact) mass is 317 g/mol. The van der Waals surface area contributed by atoms with E-state index >= 15 is 0 Å². The maximum absolute atomic E-state index is 4.47. The second kappa shape index (κ2) is 6.56. The van der Waals surface area contributed by atoms with Crippen molar-refractivity contribution in [2.75, 3.05) is 0 Å². The van der Waals surface area contributed by atoms with Crippen molar-refractivity contribution < 1.29 is 0 Å². The third-order valence-electron chi connectivity index (χ3n) is 3.40. The molecule has 0 spiro atoms. The zero-order valence-corrected chi connectivity index (χ0v) is 13.9. The van der Waals surface area contributed by atoms with E-state index in [4.69, 9.17) is 0 Å². The minimum Gasteiger partial charge on any atom is -0.308 e. The van der Waals surface area contributed by atoms with Crippen LogP contribution >= 0.6 is 22.7 Å². The van der Waals surface area contributed by atoms with E-state index in [1.54, 1.807) is 11.3 Å². The molecule has 21 heavy (non-hydrogen) atoms. The highest BCUT2D eigenvalue weighted by Crippen LogP contribution is 2.29. The fourth-order valence-corrected chi connectivity index (χ4v) is 4.04. The molecule has 1 N–H and O–H groups in total. The lowest BCUT2D eigenvalue weighted by atomic mass is 10.2. The Balaban J connectivity index is 1.58. The first-order valence-corrected chi connectivity index (χ1v) is 8.85. The van der Waals surface area contributed by atoms with Crippen molar-refractivity contribution >= 4 is 22.7 Å². The number of nitrogens with zero attached hydrogens (tertiary/aromatic N) is 2. The molecule has 0 amide bonds. The molecule has 3 rings (SSSR count). The number of rotatable bonds is 6. The van der Waals surface area contributed by atoms with Crippen molar-refractivity contribution in [1.82, 2.24) is 15.1 Å². The largest absolute Gasteiger partial charge is 0.308 e. The van der Waals surface area contributed by atoms with Crippen LogP contribution in [0.5, 0.6) is 0 Å². The Morgan fingerprint density at radius 3 is 2.95 bits per heavy atom. The fourth-order valence-electron chi connectivity index (χ4n) is 2.39. The standard InChI is InChI=1S/C16H19N3S2/c1-3-15-13(10-19(2)18-15)8-17-9-14-7-12(11-21-14)16-5-4-6-20-16/h4-7,10-11,17H,3,8-9H2,1-2H3. The third-order valence-corrected chi connectivity index (χ3v) is 5.26. The lowest BCUT2D eigenvalue weighted by molar-refractivity contribution is 0.695. The summed E-state index contributed by atoms with van der Waals surface area (Å²) >= 11 is 3.61. The first-order valence-electron chi connectivity index (χ1n) is 7.09. The van der Waals surface area contributed by atoms with Gasteiger partial charge in [-0.15, -0.1) is 22.7 Å². The van der Waals surface area contributed by atoms with Gasteiger partial charge in [0.15, 0.2) is 0 Å². The molecule has 0 aliphatic heterocycles. The van der Waals surface area contributed by atoms with E-state index < -0.39 is 0 Å². The van der Waals surface area contributed by atoms with Crippen molar-refractivity contribution in [3.05, 3.63) is 51.3 Å². The minimum atomic E-state index is 0.878. The summed E-state index contributed by atoms with van der Waals surface area (Å²) in [6.07, 6.45) is 3.09. The van der Waals surface area contributed by atoms with E-state index in [1.807, 2.05) is 23.1 Å². The van der Waals surface area contributed by atoms with Crippen LogP contribution in [0.1, 0.15) is 23.1 Å². The van der Waals surface area contributed by atoms with Crippen LogP contribution in [0.2, 0.25) is 0 Å². The molecule has 110 valence electrons. The SMILES string of the molecule is CCc1nn(C)cc1CNCc1cc(-c2cccs2)cs1. The first-order chi connectivity index (χ1) is 10.3. The summed E-state index contributed by atoms with van der Waals surface area (Å²) in [6.45, 7) is 3.94. The van der Waals surface area contributed by atoms with Crippen LogP contribution in [-0.2, 0) is 26.6 Å². The summed E-state index contributed by atoms with van der Waals surface area (Å²) in [5.41, 5.74) is 3.83. The van der Waals surface area contributed by atoms with Crippen LogP contribution in [-0.4, -0.2) is 9.78 Å². The van der Waals surface area contributed by atoms with Crippen LogP contribution in [0, 0.1) is 0 Å². The quantitative estimate of drug-likeness (QED) is 0.743. The predicted octanol–water partition coefficient (Wildman–Crippen LogP) is 4.06. The zero-order valence-electron chi connectivity index (χ0n) is 12.3. The second-order valence-corrected chi connectivity index (χ2v) is 6.95. The van der Waals surface area contributed by atoms with Gasteiger partial charge in [0.05, 0.1) is 5.69 Å². The number of aromatic nitrogens is 2. The molecule has 5 heteroatoms. The average Bonchev–Trinajstić information content (AvgIpc) is 3.18. The van der Waals surface area contributed by atoms with Crippen molar-refractivity contribution in [3.63, 3.8) is 0 Å². The minimum absolute atomic E-state index is 0.878. The van der Waals surface area contributed by atoms with Gasteiger partial charge in [0.2, 0.25) is 0 Å². The molecule has 0 atom stereocenters. The Labute approximate surface area is 133 Å². The normalized spacial score (nSPS) is 11.1. The lowest BCUT2D eigenvalue weighted by Gasteiger charge is -2.02. The average molecular weight is 317 g/mol. The van der Waals surface area contributed by atoms with Crippen molar-refractivity contribution in [3.8, 4) is 10.4 Å². The van der Waals surface area contributed by atoms with Gasteiger partial charge in [0, 0.05) is 47.2 Å². The highest BCUT2D eigenvalue weighted by molar-refractivity contribution is 7.14. The molecule has 0 bridgehead atoms. The van der Waals surface area contributed by atoms with Crippen LogP contribution in [0.25, 0.3) is 10.4 Å². The summed E-state index contributed by atoms with van der Waals surface area (Å²) in [5, 5.41) is 12.4. The van der Waals surface area contributed by atoms with Gasteiger partial charge in [0.1, 0.15) is 0 Å². The molecule has 3 nitrogen and oxygen atoms in total. The van der Waals surface area contributed by atoms with Crippen LogP contribution < -0.4 is 5.32 Å². The molecule has 0 aromatic carbocycles. The second-order valence-electron chi connectivity index (χ2n) is 5.01. The van der Waals surface area contributed by atoms with Gasteiger partial charge in [-0.05, 0) is 29.3 Å². The summed E-state index contributed by atoms with van der Waals surface area (Å²) in [7, 11) is 1.98. The predicted molar refractivity (Wildman–Crippen MR) is 90.8 cm³/mol. The molecule has 3 aromatic rings. The van der Waals surface area contributed by atoms with Crippen LogP contribution in [0.3, 0.4) is 0 Å². The lowest BCUT2D eigenvalue weighted by Crippen LogP contribution is -2.12. The van der Waals surface area contributed by atoms with Gasteiger partial charge >= 0.3 is 0 Å². The first kappa shape index (κ1) is 14.5. The number of hydrogen-bond acceptors (Lipinski definition) is 4. The van der Waals surface area contributed by atoms with Gasteiger partial charge in [-0.25, -0.2) is 0 Å². The van der Waals surface area contributed by atoms with Crippen LogP contribution in [0.4, 0.5) is 0 Å². The molecule has 0 radical (unpaired) electrons. The van der Waals surface area contributed by atoms with Crippen molar-refractivity contribution in [2.45, 2.75) is 26.4 Å². The Kier molecular flexibility index (Phi) is 4.53. The molecule has 3 aromatic heterocycles. The van der Waals surface area contributed by atoms with Gasteiger partial charge in [-0.3, -0.25) is 4.68 Å². The number of hydrogen-bond donors (Lipinski definition) is 1. The Bertz CT molecular complexity index is 695. The van der Waals surface area contributed by atoms with Crippen molar-refractivity contribution in [2.24, 2.45) is 7.05 Å². The topological polar surface area (TPSA) is 29.9 Å². The molecular formula is C16H19N3S2. The Morgan fingerprint density at radius 1 is 1.29 bits per heavy atom. The van der Waals surface area contributed by atoms with E-state index in [9.17, 15) is 0 Å². The molecule has 0 fully saturated rings. The van der Waals surface area contributed by atoms with E-state index in [1.165, 1.54) is 26.6 Å². The fraction of sp³-hybridized carbons (Fsp3) is 0.312. The molecule has 3 heterocycles. The Morgan fingerprint density at radius 2 is 2.19 bits per heavy atom. The highest BCUT2D eigenvalue weighted by atomic mass is 32.1. The zero-order chi connectivity index (χ0) is 14.7. The molecule has 0 aliphatic carbocycles. The number of aryl methyl sites for hydroxylation is 2. The molecule has 0 saturated carbocycles. The summed E-state index contributed by atoms with van der Waals surface area (Å²) < 4.78 is 1.90. The van der Waals surface area contributed by atoms with E-state index in [-0.39, 0.29) is 0 Å². The van der Waals surface area contributed by atoms with Gasteiger partial charge < -0.3 is 5.32 Å². The van der Waals surface area contributed by atoms with Crippen molar-refractivity contribution in [1.29, 1.82) is 0 Å². The maximum atomic E-state index is 4.47. The van der Waals surface area contributed by atoms with Gasteiger partial charge in [-0.2, -0.15) is 5.10 Å². The third kappa shape index (κ3) is 3.43. The Hall–Kier alpha value is -1.43. The summed E-state index contributed by atoms with van der Waals surface area (Å²) in [4.78, 5) is 2.72. The smallest absolute Gasteiger partial charge is 0.0666 e. The molecule has 0 unspecified atom stereocenters. The van der Waals surface area contributed by atoms with E-state index in [0.717, 1.165) is 19.5 Å².